The average Bonchev–Trinajstić information content (AvgIpc) is 2.28. The number of halogens is 2. The minimum Gasteiger partial charge on any atom is -0.393 e. The van der Waals surface area contributed by atoms with Gasteiger partial charge >= 0.3 is 0 Å². The van der Waals surface area contributed by atoms with Crippen molar-refractivity contribution in [2.45, 2.75) is 24.4 Å². The van der Waals surface area contributed by atoms with Crippen molar-refractivity contribution in [3.63, 3.8) is 0 Å². The van der Waals surface area contributed by atoms with Crippen LogP contribution in [0.5, 0.6) is 0 Å². The first-order valence-corrected chi connectivity index (χ1v) is 7.51. The Hall–Kier alpha value is -0.460. The van der Waals surface area contributed by atoms with Gasteiger partial charge in [0.05, 0.1) is 17.3 Å². The number of aliphatic hydroxyl groups excluding tert-OH is 1. The molecule has 0 aliphatic rings. The third-order valence-electron chi connectivity index (χ3n) is 2.55. The highest BCUT2D eigenvalue weighted by atomic mass is 79.9. The molecule has 1 N–H and O–H groups in total. The monoisotopic (exact) mass is 324 g/mol. The lowest BCUT2D eigenvalue weighted by molar-refractivity contribution is 0.0867. The van der Waals surface area contributed by atoms with Crippen molar-refractivity contribution >= 4 is 25.8 Å². The maximum absolute atomic E-state index is 13.8. The van der Waals surface area contributed by atoms with Gasteiger partial charge in [0.1, 0.15) is 0 Å². The van der Waals surface area contributed by atoms with Gasteiger partial charge in [-0.2, -0.15) is 0 Å². The molecule has 1 aromatic carbocycles. The van der Waals surface area contributed by atoms with E-state index in [1.165, 1.54) is 25.1 Å². The Morgan fingerprint density at radius 3 is 2.47 bits per heavy atom. The van der Waals surface area contributed by atoms with Gasteiger partial charge in [-0.1, -0.05) is 13.0 Å². The first-order chi connectivity index (χ1) is 7.74. The van der Waals surface area contributed by atoms with E-state index in [0.717, 1.165) is 0 Å². The fraction of sp³-hybridized carbons (Fsp3) is 0.455. The molecular weight excluding hydrogens is 311 g/mol. The molecular formula is C11H14BrFO3S. The molecule has 0 spiro atoms. The first-order valence-electron chi connectivity index (χ1n) is 5.07. The standard InChI is InChI=1S/C11H14BrFO3S/c1-3-17(15,16)10-5-4-8(6-9(10)12)11(2,13)7-14/h4-6,14H,3,7H2,1-2H3. The molecule has 1 atom stereocenters. The predicted octanol–water partition coefficient (Wildman–Crippen LogP) is 2.42. The molecule has 17 heavy (non-hydrogen) atoms. The zero-order valence-corrected chi connectivity index (χ0v) is 12.0. The lowest BCUT2D eigenvalue weighted by Gasteiger charge is -2.18. The molecule has 0 heterocycles. The smallest absolute Gasteiger partial charge is 0.179 e. The molecule has 0 bridgehead atoms. The minimum atomic E-state index is -3.33. The maximum Gasteiger partial charge on any atom is 0.179 e. The van der Waals surface area contributed by atoms with Crippen LogP contribution in [0.25, 0.3) is 0 Å². The zero-order valence-electron chi connectivity index (χ0n) is 9.57. The van der Waals surface area contributed by atoms with Gasteiger partial charge in [-0.15, -0.1) is 0 Å². The van der Waals surface area contributed by atoms with Crippen LogP contribution < -0.4 is 0 Å². The van der Waals surface area contributed by atoms with E-state index >= 15 is 0 Å². The van der Waals surface area contributed by atoms with E-state index < -0.39 is 22.1 Å². The van der Waals surface area contributed by atoms with Gasteiger partial charge in [-0.25, -0.2) is 12.8 Å². The summed E-state index contributed by atoms with van der Waals surface area (Å²) >= 11 is 3.12. The van der Waals surface area contributed by atoms with Crippen molar-refractivity contribution in [2.75, 3.05) is 12.4 Å². The summed E-state index contributed by atoms with van der Waals surface area (Å²) in [5.74, 6) is -0.0160. The Morgan fingerprint density at radius 1 is 1.47 bits per heavy atom. The van der Waals surface area contributed by atoms with E-state index in [0.29, 0.717) is 4.47 Å². The number of hydrogen-bond acceptors (Lipinski definition) is 3. The van der Waals surface area contributed by atoms with E-state index in [2.05, 4.69) is 15.9 Å². The molecule has 0 aromatic heterocycles. The van der Waals surface area contributed by atoms with Gasteiger partial charge in [0.25, 0.3) is 0 Å². The van der Waals surface area contributed by atoms with Crippen molar-refractivity contribution in [3.8, 4) is 0 Å². The van der Waals surface area contributed by atoms with E-state index in [-0.39, 0.29) is 16.2 Å². The van der Waals surface area contributed by atoms with Crippen LogP contribution >= 0.6 is 15.9 Å². The van der Waals surface area contributed by atoms with Crippen LogP contribution in [0.3, 0.4) is 0 Å². The third-order valence-corrected chi connectivity index (χ3v) is 5.25. The van der Waals surface area contributed by atoms with Crippen LogP contribution in [0, 0.1) is 0 Å². The van der Waals surface area contributed by atoms with Crippen LogP contribution in [0.15, 0.2) is 27.6 Å². The summed E-state index contributed by atoms with van der Waals surface area (Å²) in [6.45, 7) is 2.13. The highest BCUT2D eigenvalue weighted by Gasteiger charge is 2.26. The highest BCUT2D eigenvalue weighted by molar-refractivity contribution is 9.10. The van der Waals surface area contributed by atoms with Crippen molar-refractivity contribution in [3.05, 3.63) is 28.2 Å². The molecule has 1 aromatic rings. The molecule has 6 heteroatoms. The Labute approximate surface area is 109 Å². The van der Waals surface area contributed by atoms with Crippen LogP contribution in [-0.2, 0) is 15.5 Å². The average molecular weight is 325 g/mol. The molecule has 0 saturated heterocycles. The highest BCUT2D eigenvalue weighted by Crippen LogP contribution is 2.31. The number of hydrogen-bond donors (Lipinski definition) is 1. The lowest BCUT2D eigenvalue weighted by atomic mass is 9.99. The van der Waals surface area contributed by atoms with Gasteiger partial charge in [0, 0.05) is 4.47 Å². The molecule has 3 nitrogen and oxygen atoms in total. The Bertz CT molecular complexity index is 511. The molecule has 0 aliphatic carbocycles. The SMILES string of the molecule is CCS(=O)(=O)c1ccc(C(C)(F)CO)cc1Br. The molecule has 0 saturated carbocycles. The van der Waals surface area contributed by atoms with Gasteiger partial charge in [-0.05, 0) is 40.5 Å². The summed E-state index contributed by atoms with van der Waals surface area (Å²) in [5.41, 5.74) is -1.64. The van der Waals surface area contributed by atoms with Crippen molar-refractivity contribution in [1.29, 1.82) is 0 Å². The van der Waals surface area contributed by atoms with Gasteiger partial charge in [0.2, 0.25) is 0 Å². The summed E-state index contributed by atoms with van der Waals surface area (Å²) in [6, 6.07) is 4.12. The number of aliphatic hydroxyl groups is 1. The van der Waals surface area contributed by atoms with E-state index in [4.69, 9.17) is 5.11 Å². The van der Waals surface area contributed by atoms with Crippen molar-refractivity contribution < 1.29 is 17.9 Å². The Morgan fingerprint density at radius 2 is 2.06 bits per heavy atom. The topological polar surface area (TPSA) is 54.4 Å². The lowest BCUT2D eigenvalue weighted by Crippen LogP contribution is -2.20. The summed E-state index contributed by atoms with van der Waals surface area (Å²) in [6.07, 6.45) is 0. The second-order valence-electron chi connectivity index (χ2n) is 3.90. The fourth-order valence-corrected chi connectivity index (χ4v) is 3.39. The van der Waals surface area contributed by atoms with Crippen molar-refractivity contribution in [1.82, 2.24) is 0 Å². The van der Waals surface area contributed by atoms with Gasteiger partial charge < -0.3 is 5.11 Å². The molecule has 1 rings (SSSR count). The second-order valence-corrected chi connectivity index (χ2v) is 7.01. The second kappa shape index (κ2) is 5.04. The van der Waals surface area contributed by atoms with Gasteiger partial charge in [0.15, 0.2) is 15.5 Å². The Kier molecular flexibility index (Phi) is 4.33. The summed E-state index contributed by atoms with van der Waals surface area (Å²) in [4.78, 5) is 0.137. The number of alkyl halides is 1. The molecule has 1 unspecified atom stereocenters. The van der Waals surface area contributed by atoms with E-state index in [1.807, 2.05) is 0 Å². The van der Waals surface area contributed by atoms with E-state index in [9.17, 15) is 12.8 Å². The molecule has 0 amide bonds. The maximum atomic E-state index is 13.8. The predicted molar refractivity (Wildman–Crippen MR) is 67.4 cm³/mol. The molecule has 0 aliphatic heterocycles. The number of sulfone groups is 1. The van der Waals surface area contributed by atoms with Crippen LogP contribution in [0.1, 0.15) is 19.4 Å². The quantitative estimate of drug-likeness (QED) is 0.925. The Balaban J connectivity index is 3.29. The van der Waals surface area contributed by atoms with Crippen molar-refractivity contribution in [2.24, 2.45) is 0 Å². The fourth-order valence-electron chi connectivity index (χ4n) is 1.32. The largest absolute Gasteiger partial charge is 0.393 e. The number of benzene rings is 1. The van der Waals surface area contributed by atoms with Crippen LogP contribution in [-0.4, -0.2) is 25.9 Å². The first kappa shape index (κ1) is 14.6. The minimum absolute atomic E-state index is 0.0160. The zero-order chi connectivity index (χ0) is 13.3. The molecule has 0 fully saturated rings. The number of rotatable bonds is 4. The van der Waals surface area contributed by atoms with Gasteiger partial charge in [-0.3, -0.25) is 0 Å². The van der Waals surface area contributed by atoms with E-state index in [1.54, 1.807) is 6.92 Å². The summed E-state index contributed by atoms with van der Waals surface area (Å²) in [5, 5.41) is 8.91. The summed E-state index contributed by atoms with van der Waals surface area (Å²) < 4.78 is 37.5. The third kappa shape index (κ3) is 3.05. The van der Waals surface area contributed by atoms with Crippen LogP contribution in [0.4, 0.5) is 4.39 Å². The molecule has 96 valence electrons. The molecule has 0 radical (unpaired) electrons. The normalized spacial score (nSPS) is 15.6. The summed E-state index contributed by atoms with van der Waals surface area (Å²) in [7, 11) is -3.33. The van der Waals surface area contributed by atoms with Crippen LogP contribution in [0.2, 0.25) is 0 Å².